The molecule has 3 rings (SSSR count). The van der Waals surface area contributed by atoms with Gasteiger partial charge in [0, 0.05) is 6.04 Å². The first-order chi connectivity index (χ1) is 10.1. The number of carbonyl (C=O) groups excluding carboxylic acids is 2. The van der Waals surface area contributed by atoms with Gasteiger partial charge in [-0.2, -0.15) is 0 Å². The van der Waals surface area contributed by atoms with Gasteiger partial charge in [-0.25, -0.2) is 0 Å². The smallest absolute Gasteiger partial charge is 0.246 e. The van der Waals surface area contributed by atoms with Gasteiger partial charge >= 0.3 is 0 Å². The number of piperazine rings is 1. The molecule has 1 heterocycles. The lowest BCUT2D eigenvalue weighted by Gasteiger charge is -2.50. The monoisotopic (exact) mass is 292 g/mol. The summed E-state index contributed by atoms with van der Waals surface area (Å²) in [7, 11) is 0. The van der Waals surface area contributed by atoms with Crippen molar-refractivity contribution in [3.05, 3.63) is 0 Å². The maximum absolute atomic E-state index is 13.0. The lowest BCUT2D eigenvalue weighted by Crippen LogP contribution is -2.72. The summed E-state index contributed by atoms with van der Waals surface area (Å²) in [6.45, 7) is 3.99. The quantitative estimate of drug-likeness (QED) is 0.813. The maximum Gasteiger partial charge on any atom is 0.246 e. The molecule has 2 atom stereocenters. The second-order valence-electron chi connectivity index (χ2n) is 7.21. The number of carbonyl (C=O) groups is 2. The minimum absolute atomic E-state index is 0.0840. The van der Waals surface area contributed by atoms with Crippen molar-refractivity contribution in [2.75, 3.05) is 0 Å². The van der Waals surface area contributed by atoms with Gasteiger partial charge in [-0.1, -0.05) is 32.6 Å². The summed E-state index contributed by atoms with van der Waals surface area (Å²) in [4.78, 5) is 27.7. The van der Waals surface area contributed by atoms with Gasteiger partial charge in [0.1, 0.15) is 11.6 Å². The molecule has 0 bridgehead atoms. The molecular weight excluding hydrogens is 264 g/mol. The molecule has 21 heavy (non-hydrogen) atoms. The van der Waals surface area contributed by atoms with E-state index < -0.39 is 5.54 Å². The van der Waals surface area contributed by atoms with Gasteiger partial charge in [0.05, 0.1) is 0 Å². The third-order valence-corrected chi connectivity index (χ3v) is 5.77. The van der Waals surface area contributed by atoms with Crippen molar-refractivity contribution < 1.29 is 9.59 Å². The molecule has 4 heteroatoms. The molecule has 1 N–H and O–H groups in total. The fourth-order valence-electron chi connectivity index (χ4n) is 4.25. The zero-order chi connectivity index (χ0) is 15.0. The first-order valence-corrected chi connectivity index (χ1v) is 8.73. The molecule has 2 aliphatic carbocycles. The van der Waals surface area contributed by atoms with Gasteiger partial charge in [0.25, 0.3) is 0 Å². The normalized spacial score (nSPS) is 35.5. The van der Waals surface area contributed by atoms with Crippen LogP contribution in [0, 0.1) is 5.92 Å². The Morgan fingerprint density at radius 1 is 1.10 bits per heavy atom. The molecule has 4 nitrogen and oxygen atoms in total. The van der Waals surface area contributed by atoms with E-state index in [-0.39, 0.29) is 23.9 Å². The van der Waals surface area contributed by atoms with E-state index in [1.807, 2.05) is 18.7 Å². The van der Waals surface area contributed by atoms with E-state index in [9.17, 15) is 9.59 Å². The fraction of sp³-hybridized carbons (Fsp3) is 0.882. The highest BCUT2D eigenvalue weighted by Gasteiger charge is 2.58. The van der Waals surface area contributed by atoms with Crippen LogP contribution in [0.4, 0.5) is 0 Å². The second-order valence-corrected chi connectivity index (χ2v) is 7.21. The van der Waals surface area contributed by atoms with Crippen LogP contribution in [0.2, 0.25) is 0 Å². The number of hydrogen-bond donors (Lipinski definition) is 1. The highest BCUT2D eigenvalue weighted by Crippen LogP contribution is 2.46. The molecule has 1 aliphatic heterocycles. The number of hydrogen-bond acceptors (Lipinski definition) is 2. The van der Waals surface area contributed by atoms with E-state index in [2.05, 4.69) is 5.32 Å². The Morgan fingerprint density at radius 2 is 1.71 bits per heavy atom. The molecule has 0 spiro atoms. The van der Waals surface area contributed by atoms with Crippen LogP contribution in [0.3, 0.4) is 0 Å². The van der Waals surface area contributed by atoms with E-state index in [1.165, 1.54) is 25.7 Å². The average Bonchev–Trinajstić information content (AvgIpc) is 3.29. The van der Waals surface area contributed by atoms with Gasteiger partial charge in [-0.05, 0) is 44.9 Å². The molecule has 3 fully saturated rings. The molecule has 0 aromatic carbocycles. The average molecular weight is 292 g/mol. The van der Waals surface area contributed by atoms with Crippen LogP contribution < -0.4 is 5.32 Å². The van der Waals surface area contributed by atoms with Crippen LogP contribution in [-0.2, 0) is 9.59 Å². The summed E-state index contributed by atoms with van der Waals surface area (Å²) in [6, 6.07) is -0.0433. The van der Waals surface area contributed by atoms with E-state index in [0.29, 0.717) is 12.3 Å². The maximum atomic E-state index is 13.0. The van der Waals surface area contributed by atoms with E-state index in [4.69, 9.17) is 0 Å². The zero-order valence-corrected chi connectivity index (χ0v) is 13.4. The van der Waals surface area contributed by atoms with Crippen LogP contribution in [0.25, 0.3) is 0 Å². The van der Waals surface area contributed by atoms with Crippen LogP contribution >= 0.6 is 0 Å². The first-order valence-electron chi connectivity index (χ1n) is 8.73. The van der Waals surface area contributed by atoms with Crippen LogP contribution in [-0.4, -0.2) is 34.3 Å². The molecular formula is C17H28N2O2. The van der Waals surface area contributed by atoms with Crippen LogP contribution in [0.1, 0.15) is 71.6 Å². The van der Waals surface area contributed by atoms with E-state index >= 15 is 0 Å². The molecule has 2 unspecified atom stereocenters. The molecule has 0 aromatic heterocycles. The predicted octanol–water partition coefficient (Wildman–Crippen LogP) is 2.61. The first kappa shape index (κ1) is 14.9. The minimum Gasteiger partial charge on any atom is -0.342 e. The topological polar surface area (TPSA) is 49.4 Å². The van der Waals surface area contributed by atoms with Crippen molar-refractivity contribution in [2.45, 2.75) is 89.3 Å². The van der Waals surface area contributed by atoms with Crippen molar-refractivity contribution in [2.24, 2.45) is 5.92 Å². The lowest BCUT2D eigenvalue weighted by atomic mass is 9.84. The Balaban J connectivity index is 1.92. The molecule has 3 aliphatic rings. The standard InChI is InChI=1S/C17H28N2O2/c1-3-14-15(20)19(13-8-6-4-5-7-9-13)17(2,12-10-11-12)16(21)18-14/h12-14H,3-11H2,1-2H3,(H,18,21). The Kier molecular flexibility index (Phi) is 3.98. The summed E-state index contributed by atoms with van der Waals surface area (Å²) in [5.41, 5.74) is -0.599. The Labute approximate surface area is 127 Å². The van der Waals surface area contributed by atoms with Crippen LogP contribution in [0.15, 0.2) is 0 Å². The third-order valence-electron chi connectivity index (χ3n) is 5.77. The molecule has 2 amide bonds. The number of nitrogens with zero attached hydrogens (tertiary/aromatic N) is 1. The van der Waals surface area contributed by atoms with Crippen molar-refractivity contribution in [1.82, 2.24) is 10.2 Å². The Bertz CT molecular complexity index is 425. The number of amides is 2. The van der Waals surface area contributed by atoms with Crippen molar-refractivity contribution >= 4 is 11.8 Å². The minimum atomic E-state index is -0.599. The third kappa shape index (κ3) is 2.47. The predicted molar refractivity (Wildman–Crippen MR) is 81.7 cm³/mol. The van der Waals surface area contributed by atoms with Crippen molar-refractivity contribution in [1.29, 1.82) is 0 Å². The summed E-state index contributed by atoms with van der Waals surface area (Å²) in [5, 5.41) is 2.98. The largest absolute Gasteiger partial charge is 0.342 e. The van der Waals surface area contributed by atoms with Gasteiger partial charge in [-0.3, -0.25) is 9.59 Å². The van der Waals surface area contributed by atoms with Crippen molar-refractivity contribution in [3.8, 4) is 0 Å². The summed E-state index contributed by atoms with van der Waals surface area (Å²) >= 11 is 0. The van der Waals surface area contributed by atoms with E-state index in [0.717, 1.165) is 25.7 Å². The molecule has 118 valence electrons. The zero-order valence-electron chi connectivity index (χ0n) is 13.4. The van der Waals surface area contributed by atoms with Gasteiger partial charge in [0.2, 0.25) is 11.8 Å². The summed E-state index contributed by atoms with van der Waals surface area (Å²) in [5.74, 6) is 0.613. The SMILES string of the molecule is CCC1NC(=O)C(C)(C2CC2)N(C2CCCCCC2)C1=O. The Morgan fingerprint density at radius 3 is 2.24 bits per heavy atom. The van der Waals surface area contributed by atoms with Crippen molar-refractivity contribution in [3.63, 3.8) is 0 Å². The van der Waals surface area contributed by atoms with Gasteiger partial charge in [0.15, 0.2) is 0 Å². The molecule has 1 saturated heterocycles. The van der Waals surface area contributed by atoms with Gasteiger partial charge in [-0.15, -0.1) is 0 Å². The second kappa shape index (κ2) is 5.62. The number of rotatable bonds is 3. The molecule has 0 radical (unpaired) electrons. The molecule has 2 saturated carbocycles. The van der Waals surface area contributed by atoms with E-state index in [1.54, 1.807) is 0 Å². The summed E-state index contributed by atoms with van der Waals surface area (Å²) in [6.07, 6.45) is 9.89. The summed E-state index contributed by atoms with van der Waals surface area (Å²) < 4.78 is 0. The lowest BCUT2D eigenvalue weighted by molar-refractivity contribution is -0.162. The number of nitrogens with one attached hydrogen (secondary N) is 1. The molecule has 0 aromatic rings. The fourth-order valence-corrected chi connectivity index (χ4v) is 4.25. The van der Waals surface area contributed by atoms with Crippen LogP contribution in [0.5, 0.6) is 0 Å². The highest BCUT2D eigenvalue weighted by molar-refractivity contribution is 6.00. The Hall–Kier alpha value is -1.06. The van der Waals surface area contributed by atoms with Gasteiger partial charge < -0.3 is 10.2 Å². The highest BCUT2D eigenvalue weighted by atomic mass is 16.2.